The Kier molecular flexibility index (Phi) is 7.65. The van der Waals surface area contributed by atoms with Gasteiger partial charge >= 0.3 is 12.0 Å². The van der Waals surface area contributed by atoms with Crippen molar-refractivity contribution in [1.82, 2.24) is 20.9 Å². The maximum Gasteiger partial charge on any atom is 0.328 e. The molecule has 1 atom stereocenters. The van der Waals surface area contributed by atoms with Crippen LogP contribution >= 0.6 is 0 Å². The fraction of sp³-hybridized carbons (Fsp3) is 0.786. The van der Waals surface area contributed by atoms with E-state index in [-0.39, 0.29) is 11.9 Å². The molecule has 4 N–H and O–H groups in total. The molecule has 0 spiro atoms. The third kappa shape index (κ3) is 6.30. The lowest BCUT2D eigenvalue weighted by molar-refractivity contribution is -0.138. The fourth-order valence-electron chi connectivity index (χ4n) is 2.18. The summed E-state index contributed by atoms with van der Waals surface area (Å²) in [5.74, 6) is -0.432. The highest BCUT2D eigenvalue weighted by atomic mass is 16.4. The molecule has 1 fully saturated rings. The number of urea groups is 1. The maximum absolute atomic E-state index is 11.8. The molecule has 0 aromatic carbocycles. The van der Waals surface area contributed by atoms with Crippen LogP contribution in [0.3, 0.4) is 0 Å². The Labute approximate surface area is 131 Å². The molecule has 8 nitrogen and oxygen atoms in total. The van der Waals surface area contributed by atoms with Crippen molar-refractivity contribution in [3.05, 3.63) is 0 Å². The first-order valence-corrected chi connectivity index (χ1v) is 7.75. The fourth-order valence-corrected chi connectivity index (χ4v) is 2.18. The lowest BCUT2D eigenvalue weighted by Gasteiger charge is -2.31. The first-order valence-electron chi connectivity index (χ1n) is 7.75. The minimum Gasteiger partial charge on any atom is -0.480 e. The second-order valence-electron chi connectivity index (χ2n) is 5.66. The SMILES string of the molecule is CCNC(=O)NC(=NC(CC(C)C)C(=O)O)N1CCNCC1. The van der Waals surface area contributed by atoms with E-state index in [2.05, 4.69) is 20.9 Å². The highest BCUT2D eigenvalue weighted by molar-refractivity contribution is 5.97. The predicted molar refractivity (Wildman–Crippen MR) is 85.0 cm³/mol. The van der Waals surface area contributed by atoms with Crippen molar-refractivity contribution in [3.63, 3.8) is 0 Å². The number of hydrogen-bond donors (Lipinski definition) is 4. The Balaban J connectivity index is 2.91. The number of aliphatic carboxylic acids is 1. The van der Waals surface area contributed by atoms with Crippen molar-refractivity contribution >= 4 is 18.0 Å². The van der Waals surface area contributed by atoms with Gasteiger partial charge in [0, 0.05) is 32.7 Å². The summed E-state index contributed by atoms with van der Waals surface area (Å²) in [6, 6.07) is -1.22. The Morgan fingerprint density at radius 2 is 1.95 bits per heavy atom. The molecular weight excluding hydrogens is 286 g/mol. The first kappa shape index (κ1) is 18.2. The molecule has 0 aromatic rings. The number of carbonyl (C=O) groups is 2. The number of piperazine rings is 1. The van der Waals surface area contributed by atoms with Crippen LogP contribution in [0.2, 0.25) is 0 Å². The lowest BCUT2D eigenvalue weighted by atomic mass is 10.0. The van der Waals surface area contributed by atoms with E-state index in [1.165, 1.54) is 0 Å². The van der Waals surface area contributed by atoms with Crippen molar-refractivity contribution in [2.45, 2.75) is 33.2 Å². The molecular formula is C14H27N5O3. The zero-order chi connectivity index (χ0) is 16.5. The summed E-state index contributed by atoms with van der Waals surface area (Å²) in [7, 11) is 0. The van der Waals surface area contributed by atoms with E-state index in [0.717, 1.165) is 13.1 Å². The largest absolute Gasteiger partial charge is 0.480 e. The Morgan fingerprint density at radius 3 is 2.45 bits per heavy atom. The maximum atomic E-state index is 11.8. The van der Waals surface area contributed by atoms with Crippen molar-refractivity contribution in [2.24, 2.45) is 10.9 Å². The van der Waals surface area contributed by atoms with Crippen LogP contribution in [0, 0.1) is 5.92 Å². The van der Waals surface area contributed by atoms with Crippen LogP contribution in [0.4, 0.5) is 4.79 Å². The summed E-state index contributed by atoms with van der Waals surface area (Å²) in [4.78, 5) is 29.4. The van der Waals surface area contributed by atoms with Crippen molar-refractivity contribution in [1.29, 1.82) is 0 Å². The van der Waals surface area contributed by atoms with E-state index < -0.39 is 12.0 Å². The summed E-state index contributed by atoms with van der Waals surface area (Å²) in [5.41, 5.74) is 0. The standard InChI is InChI=1S/C14H27N5O3/c1-4-16-14(22)18-13(19-7-5-15-6-8-19)17-11(12(20)21)9-10(2)3/h10-11,15H,4-9H2,1-3H3,(H,20,21)(H2,16,17,18,22). The number of carboxylic acids is 1. The molecule has 126 valence electrons. The van der Waals surface area contributed by atoms with Crippen molar-refractivity contribution in [2.75, 3.05) is 32.7 Å². The third-order valence-electron chi connectivity index (χ3n) is 3.24. The molecule has 1 heterocycles. The van der Waals surface area contributed by atoms with E-state index in [4.69, 9.17) is 0 Å². The van der Waals surface area contributed by atoms with E-state index >= 15 is 0 Å². The summed E-state index contributed by atoms with van der Waals surface area (Å²) < 4.78 is 0. The minimum atomic E-state index is -0.973. The Hall–Kier alpha value is -1.83. The Morgan fingerprint density at radius 1 is 1.32 bits per heavy atom. The van der Waals surface area contributed by atoms with Crippen LogP contribution in [-0.4, -0.2) is 66.7 Å². The molecule has 0 bridgehead atoms. The van der Waals surface area contributed by atoms with Crippen molar-refractivity contribution < 1.29 is 14.7 Å². The number of nitrogens with one attached hydrogen (secondary N) is 3. The average molecular weight is 313 g/mol. The van der Waals surface area contributed by atoms with Crippen molar-refractivity contribution in [3.8, 4) is 0 Å². The van der Waals surface area contributed by atoms with Gasteiger partial charge in [-0.15, -0.1) is 0 Å². The van der Waals surface area contributed by atoms with Gasteiger partial charge < -0.3 is 20.6 Å². The van der Waals surface area contributed by atoms with Crippen LogP contribution in [0.25, 0.3) is 0 Å². The molecule has 8 heteroatoms. The van der Waals surface area contributed by atoms with E-state index in [9.17, 15) is 14.7 Å². The van der Waals surface area contributed by atoms with Crippen LogP contribution in [-0.2, 0) is 4.79 Å². The smallest absolute Gasteiger partial charge is 0.328 e. The number of carbonyl (C=O) groups excluding carboxylic acids is 1. The number of carboxylic acid groups (broad SMARTS) is 1. The van der Waals surface area contributed by atoms with Crippen LogP contribution in [0.1, 0.15) is 27.2 Å². The normalized spacial score (nSPS) is 17.3. The first-order chi connectivity index (χ1) is 10.4. The molecule has 2 amide bonds. The summed E-state index contributed by atoms with van der Waals surface area (Å²) in [6.45, 7) is 9.13. The van der Waals surface area contributed by atoms with Crippen LogP contribution in [0.5, 0.6) is 0 Å². The number of aliphatic imine (C=N–C) groups is 1. The predicted octanol–water partition coefficient (Wildman–Crippen LogP) is 0.0660. The van der Waals surface area contributed by atoms with Gasteiger partial charge in [0.15, 0.2) is 6.04 Å². The number of nitrogens with zero attached hydrogens (tertiary/aromatic N) is 2. The number of rotatable bonds is 5. The molecule has 1 rings (SSSR count). The number of hydrogen-bond acceptors (Lipinski definition) is 4. The summed E-state index contributed by atoms with van der Waals surface area (Å²) >= 11 is 0. The molecule has 0 radical (unpaired) electrons. The number of amides is 2. The molecule has 0 aromatic heterocycles. The molecule has 1 unspecified atom stereocenters. The van der Waals surface area contributed by atoms with Gasteiger partial charge in [-0.1, -0.05) is 13.8 Å². The topological polar surface area (TPSA) is 106 Å². The van der Waals surface area contributed by atoms with Gasteiger partial charge in [0.05, 0.1) is 0 Å². The molecule has 1 aliphatic rings. The van der Waals surface area contributed by atoms with E-state index in [1.807, 2.05) is 25.7 Å². The molecule has 0 aliphatic carbocycles. The second kappa shape index (κ2) is 9.24. The highest BCUT2D eigenvalue weighted by Crippen LogP contribution is 2.09. The second-order valence-corrected chi connectivity index (χ2v) is 5.66. The molecule has 1 aliphatic heterocycles. The van der Waals surface area contributed by atoms with Gasteiger partial charge in [0.2, 0.25) is 5.96 Å². The molecule has 1 saturated heterocycles. The summed E-state index contributed by atoms with van der Waals surface area (Å²) in [6.07, 6.45) is 0.433. The molecule has 22 heavy (non-hydrogen) atoms. The monoisotopic (exact) mass is 313 g/mol. The Bertz CT molecular complexity index is 405. The van der Waals surface area contributed by atoms with Gasteiger partial charge in [-0.25, -0.2) is 14.6 Å². The molecule has 0 saturated carbocycles. The van der Waals surface area contributed by atoms with E-state index in [1.54, 1.807) is 0 Å². The van der Waals surface area contributed by atoms with Gasteiger partial charge in [-0.2, -0.15) is 0 Å². The van der Waals surface area contributed by atoms with Crippen LogP contribution in [0.15, 0.2) is 4.99 Å². The zero-order valence-electron chi connectivity index (χ0n) is 13.6. The number of guanidine groups is 1. The van der Waals surface area contributed by atoms with Gasteiger partial charge in [-0.3, -0.25) is 5.32 Å². The quantitative estimate of drug-likeness (QED) is 0.424. The summed E-state index contributed by atoms with van der Waals surface area (Å²) in [5, 5.41) is 17.9. The van der Waals surface area contributed by atoms with Gasteiger partial charge in [0.1, 0.15) is 0 Å². The third-order valence-corrected chi connectivity index (χ3v) is 3.24. The van der Waals surface area contributed by atoms with E-state index in [0.29, 0.717) is 32.0 Å². The highest BCUT2D eigenvalue weighted by Gasteiger charge is 2.23. The van der Waals surface area contributed by atoms with Crippen LogP contribution < -0.4 is 16.0 Å². The van der Waals surface area contributed by atoms with Gasteiger partial charge in [0.25, 0.3) is 0 Å². The average Bonchev–Trinajstić information content (AvgIpc) is 2.46. The minimum absolute atomic E-state index is 0.207. The lowest BCUT2D eigenvalue weighted by Crippen LogP contribution is -2.54. The zero-order valence-corrected chi connectivity index (χ0v) is 13.6. The van der Waals surface area contributed by atoms with Gasteiger partial charge in [-0.05, 0) is 19.3 Å².